The number of urea groups is 2. The van der Waals surface area contributed by atoms with Gasteiger partial charge in [-0.15, -0.1) is 22.7 Å². The van der Waals surface area contributed by atoms with E-state index in [9.17, 15) is 26.4 Å². The van der Waals surface area contributed by atoms with Crippen molar-refractivity contribution in [3.8, 4) is 0 Å². The van der Waals surface area contributed by atoms with E-state index in [0.29, 0.717) is 32.5 Å². The highest BCUT2D eigenvalue weighted by molar-refractivity contribution is 7.92. The molecule has 2 aromatic heterocycles. The average Bonchev–Trinajstić information content (AvgIpc) is 3.42. The highest BCUT2D eigenvalue weighted by Gasteiger charge is 2.20. The van der Waals surface area contributed by atoms with Gasteiger partial charge < -0.3 is 15.4 Å². The van der Waals surface area contributed by atoms with E-state index in [1.807, 2.05) is 9.44 Å². The molecule has 0 radical (unpaired) electrons. The molecular formula is C20H30N4O7S4. The Morgan fingerprint density at radius 3 is 2.00 bits per heavy atom. The topological polar surface area (TPSA) is 160 Å². The van der Waals surface area contributed by atoms with Crippen molar-refractivity contribution in [3.05, 3.63) is 33.3 Å². The normalized spacial score (nSPS) is 11.7. The fourth-order valence-corrected chi connectivity index (χ4v) is 7.27. The average molecular weight is 567 g/mol. The molecule has 35 heavy (non-hydrogen) atoms. The lowest BCUT2D eigenvalue weighted by Gasteiger charge is -2.08. The zero-order chi connectivity index (χ0) is 25.9. The summed E-state index contributed by atoms with van der Waals surface area (Å²) < 4.78 is 57.6. The van der Waals surface area contributed by atoms with Gasteiger partial charge in [0, 0.05) is 35.3 Å². The van der Waals surface area contributed by atoms with Crippen LogP contribution in [0.1, 0.15) is 41.9 Å². The maximum Gasteiger partial charge on any atom is 0.328 e. The first-order chi connectivity index (χ1) is 16.5. The number of carbonyl (C=O) groups excluding carboxylic acids is 2. The van der Waals surface area contributed by atoms with Crippen LogP contribution in [0, 0.1) is 6.92 Å². The van der Waals surface area contributed by atoms with E-state index in [0.717, 1.165) is 40.4 Å². The molecule has 15 heteroatoms. The van der Waals surface area contributed by atoms with Gasteiger partial charge in [0.05, 0.1) is 11.5 Å². The standard InChI is InChI=1S/C20H30N4O7S4/c1-15-8-9-18(33-15)35(29,30)24-20(26)22-11-7-5-3-4-6-10-21-19(25)23-34(27,28)17-12-16(13-31-2)32-14-17/h8-9,12,14H,3-7,10-11,13H2,1-2H3,(H2,21,23,25)(H2,22,24,26). The summed E-state index contributed by atoms with van der Waals surface area (Å²) in [5.41, 5.74) is 0. The molecule has 196 valence electrons. The van der Waals surface area contributed by atoms with Gasteiger partial charge in [-0.3, -0.25) is 0 Å². The number of sulfonamides is 2. The largest absolute Gasteiger partial charge is 0.379 e. The summed E-state index contributed by atoms with van der Waals surface area (Å²) in [6.07, 6.45) is 3.78. The van der Waals surface area contributed by atoms with Crippen LogP contribution < -0.4 is 20.1 Å². The van der Waals surface area contributed by atoms with Gasteiger partial charge in [0.2, 0.25) is 0 Å². The van der Waals surface area contributed by atoms with Gasteiger partial charge in [0.1, 0.15) is 4.21 Å². The van der Waals surface area contributed by atoms with Gasteiger partial charge in [-0.2, -0.15) is 0 Å². The van der Waals surface area contributed by atoms with Crippen LogP contribution in [-0.4, -0.2) is 49.1 Å². The van der Waals surface area contributed by atoms with Crippen LogP contribution in [0.3, 0.4) is 0 Å². The number of aryl methyl sites for hydroxylation is 1. The monoisotopic (exact) mass is 566 g/mol. The lowest BCUT2D eigenvalue weighted by Crippen LogP contribution is -2.39. The Labute approximate surface area is 213 Å². The number of hydrogen-bond acceptors (Lipinski definition) is 9. The second-order valence-electron chi connectivity index (χ2n) is 7.54. The van der Waals surface area contributed by atoms with E-state index in [1.165, 1.54) is 36.0 Å². The minimum atomic E-state index is -3.93. The zero-order valence-corrected chi connectivity index (χ0v) is 22.7. The number of ether oxygens (including phenoxy) is 1. The van der Waals surface area contributed by atoms with Crippen molar-refractivity contribution < 1.29 is 31.2 Å². The van der Waals surface area contributed by atoms with E-state index >= 15 is 0 Å². The Balaban J connectivity index is 1.53. The van der Waals surface area contributed by atoms with Crippen LogP contribution in [0.4, 0.5) is 9.59 Å². The molecule has 0 aliphatic carbocycles. The predicted octanol–water partition coefficient (Wildman–Crippen LogP) is 2.89. The summed E-state index contributed by atoms with van der Waals surface area (Å²) in [6, 6.07) is 3.04. The molecular weight excluding hydrogens is 537 g/mol. The van der Waals surface area contributed by atoms with Crippen molar-refractivity contribution in [2.24, 2.45) is 0 Å². The third-order valence-corrected chi connectivity index (χ3v) is 9.78. The SMILES string of the molecule is COCc1cc(S(=O)(=O)NC(=O)NCCCCCCCNC(=O)NS(=O)(=O)c2ccc(C)s2)cs1. The van der Waals surface area contributed by atoms with Crippen molar-refractivity contribution in [3.63, 3.8) is 0 Å². The number of amides is 4. The molecule has 2 rings (SSSR count). The Kier molecular flexibility index (Phi) is 11.4. The molecule has 0 aliphatic heterocycles. The second kappa shape index (κ2) is 13.8. The molecule has 4 amide bonds. The summed E-state index contributed by atoms with van der Waals surface area (Å²) in [6.45, 7) is 2.73. The van der Waals surface area contributed by atoms with Crippen LogP contribution >= 0.6 is 22.7 Å². The van der Waals surface area contributed by atoms with Crippen molar-refractivity contribution in [1.29, 1.82) is 0 Å². The summed E-state index contributed by atoms with van der Waals surface area (Å²) in [7, 11) is -6.28. The molecule has 0 fully saturated rings. The predicted molar refractivity (Wildman–Crippen MR) is 135 cm³/mol. The molecule has 0 bridgehead atoms. The summed E-state index contributed by atoms with van der Waals surface area (Å²) in [5.74, 6) is 0. The van der Waals surface area contributed by atoms with E-state index in [1.54, 1.807) is 13.0 Å². The second-order valence-corrected chi connectivity index (χ2v) is 13.4. The number of hydrogen-bond donors (Lipinski definition) is 4. The van der Waals surface area contributed by atoms with Gasteiger partial charge in [-0.1, -0.05) is 19.3 Å². The summed E-state index contributed by atoms with van der Waals surface area (Å²) in [5, 5.41) is 6.50. The minimum Gasteiger partial charge on any atom is -0.379 e. The van der Waals surface area contributed by atoms with Gasteiger partial charge in [-0.05, 0) is 38.0 Å². The highest BCUT2D eigenvalue weighted by atomic mass is 32.2. The lowest BCUT2D eigenvalue weighted by molar-refractivity contribution is 0.187. The zero-order valence-electron chi connectivity index (χ0n) is 19.5. The van der Waals surface area contributed by atoms with Crippen molar-refractivity contribution in [2.75, 3.05) is 20.2 Å². The number of methoxy groups -OCH3 is 1. The molecule has 4 N–H and O–H groups in total. The number of carbonyl (C=O) groups is 2. The summed E-state index contributed by atoms with van der Waals surface area (Å²) >= 11 is 2.32. The fourth-order valence-electron chi connectivity index (χ4n) is 2.89. The quantitative estimate of drug-likeness (QED) is 0.256. The summed E-state index contributed by atoms with van der Waals surface area (Å²) in [4.78, 5) is 25.3. The number of nitrogens with one attached hydrogen (secondary N) is 4. The Bertz CT molecular complexity index is 1190. The van der Waals surface area contributed by atoms with Gasteiger partial charge in [0.15, 0.2) is 0 Å². The number of rotatable bonds is 14. The van der Waals surface area contributed by atoms with Crippen LogP contribution in [0.5, 0.6) is 0 Å². The number of unbranched alkanes of at least 4 members (excludes halogenated alkanes) is 4. The molecule has 0 aliphatic rings. The first-order valence-corrected chi connectivity index (χ1v) is 15.4. The van der Waals surface area contributed by atoms with Crippen LogP contribution in [0.2, 0.25) is 0 Å². The van der Waals surface area contributed by atoms with Crippen molar-refractivity contribution in [1.82, 2.24) is 20.1 Å². The highest BCUT2D eigenvalue weighted by Crippen LogP contribution is 2.20. The minimum absolute atomic E-state index is 0.0196. The third kappa shape index (κ3) is 10.1. The van der Waals surface area contributed by atoms with Gasteiger partial charge in [0.25, 0.3) is 20.0 Å². The third-order valence-electron chi connectivity index (χ3n) is 4.59. The first-order valence-electron chi connectivity index (χ1n) is 10.8. The number of thiophene rings is 2. The Morgan fingerprint density at radius 2 is 1.46 bits per heavy atom. The first kappa shape index (κ1) is 29.0. The van der Waals surface area contributed by atoms with Crippen LogP contribution in [-0.2, 0) is 31.4 Å². The van der Waals surface area contributed by atoms with Gasteiger partial charge in [-0.25, -0.2) is 35.9 Å². The van der Waals surface area contributed by atoms with Crippen LogP contribution in [0.25, 0.3) is 0 Å². The van der Waals surface area contributed by atoms with E-state index in [2.05, 4.69) is 10.6 Å². The van der Waals surface area contributed by atoms with E-state index < -0.39 is 32.1 Å². The molecule has 2 aromatic rings. The van der Waals surface area contributed by atoms with Crippen molar-refractivity contribution >= 4 is 54.8 Å². The maximum atomic E-state index is 12.2. The van der Waals surface area contributed by atoms with E-state index in [-0.39, 0.29) is 9.10 Å². The lowest BCUT2D eigenvalue weighted by atomic mass is 10.1. The molecule has 0 saturated heterocycles. The molecule has 2 heterocycles. The van der Waals surface area contributed by atoms with Gasteiger partial charge >= 0.3 is 12.1 Å². The van der Waals surface area contributed by atoms with Crippen molar-refractivity contribution in [2.45, 2.75) is 54.7 Å². The fraction of sp³-hybridized carbons (Fsp3) is 0.500. The molecule has 0 unspecified atom stereocenters. The molecule has 0 saturated carbocycles. The van der Waals surface area contributed by atoms with E-state index in [4.69, 9.17) is 4.74 Å². The smallest absolute Gasteiger partial charge is 0.328 e. The maximum absolute atomic E-state index is 12.2. The molecule has 11 nitrogen and oxygen atoms in total. The Hall–Kier alpha value is -2.20. The molecule has 0 spiro atoms. The molecule has 0 aromatic carbocycles. The Morgan fingerprint density at radius 1 is 0.886 bits per heavy atom. The molecule has 0 atom stereocenters. The van der Waals surface area contributed by atoms with Crippen LogP contribution in [0.15, 0.2) is 32.7 Å².